The fourth-order valence-corrected chi connectivity index (χ4v) is 3.40. The Kier molecular flexibility index (Phi) is 6.07. The fraction of sp³-hybridized carbons (Fsp3) is 0.667. The predicted molar refractivity (Wildman–Crippen MR) is 92.1 cm³/mol. The minimum Gasteiger partial charge on any atom is -0.378 e. The van der Waals surface area contributed by atoms with E-state index >= 15 is 0 Å². The molecule has 0 bridgehead atoms. The number of benzene rings is 1. The molecule has 2 rings (SSSR count). The molecule has 3 heteroatoms. The molecule has 0 saturated carbocycles. The van der Waals surface area contributed by atoms with Gasteiger partial charge in [0, 0.05) is 31.9 Å². The van der Waals surface area contributed by atoms with Crippen LogP contribution in [0.15, 0.2) is 24.3 Å². The van der Waals surface area contributed by atoms with Gasteiger partial charge in [-0.3, -0.25) is 4.90 Å². The summed E-state index contributed by atoms with van der Waals surface area (Å²) >= 11 is 0. The number of anilines is 1. The molecule has 2 atom stereocenters. The Labute approximate surface area is 130 Å². The molecule has 1 fully saturated rings. The van der Waals surface area contributed by atoms with Crippen LogP contribution >= 0.6 is 0 Å². The summed E-state index contributed by atoms with van der Waals surface area (Å²) in [6.45, 7) is 4.72. The van der Waals surface area contributed by atoms with Crippen molar-refractivity contribution < 1.29 is 0 Å². The Morgan fingerprint density at radius 3 is 2.57 bits per heavy atom. The van der Waals surface area contributed by atoms with Crippen molar-refractivity contribution in [2.24, 2.45) is 0 Å². The van der Waals surface area contributed by atoms with Crippen LogP contribution in [-0.2, 0) is 0 Å². The minimum absolute atomic E-state index is 0.517. The van der Waals surface area contributed by atoms with Crippen LogP contribution in [0.5, 0.6) is 0 Å². The molecule has 0 amide bonds. The first-order chi connectivity index (χ1) is 10.1. The maximum absolute atomic E-state index is 3.30. The van der Waals surface area contributed by atoms with Gasteiger partial charge in [0.2, 0.25) is 0 Å². The summed E-state index contributed by atoms with van der Waals surface area (Å²) in [5, 5.41) is 3.30. The molecule has 0 aliphatic carbocycles. The summed E-state index contributed by atoms with van der Waals surface area (Å²) < 4.78 is 0. The van der Waals surface area contributed by atoms with Crippen molar-refractivity contribution in [3.05, 3.63) is 29.8 Å². The van der Waals surface area contributed by atoms with E-state index in [0.29, 0.717) is 6.04 Å². The number of nitrogens with zero attached hydrogens (tertiary/aromatic N) is 2. The zero-order valence-corrected chi connectivity index (χ0v) is 14.1. The molecule has 0 aromatic heterocycles. The highest BCUT2D eigenvalue weighted by molar-refractivity contribution is 5.46. The molecule has 1 aliphatic rings. The third-order valence-corrected chi connectivity index (χ3v) is 4.79. The van der Waals surface area contributed by atoms with Gasteiger partial charge < -0.3 is 10.2 Å². The van der Waals surface area contributed by atoms with Crippen molar-refractivity contribution in [3.63, 3.8) is 0 Å². The molecular formula is C18H31N3. The van der Waals surface area contributed by atoms with Gasteiger partial charge in [-0.2, -0.15) is 0 Å². The standard InChI is InChI=1S/C18H31N3/c1-15(16-8-10-17(11-9-16)20(3)4)21-14-6-5-7-18(21)12-13-19-2/h8-11,15,18-19H,5-7,12-14H2,1-4H3. The van der Waals surface area contributed by atoms with Crippen LogP contribution in [0.25, 0.3) is 0 Å². The lowest BCUT2D eigenvalue weighted by atomic mass is 9.95. The Morgan fingerprint density at radius 2 is 1.95 bits per heavy atom. The lowest BCUT2D eigenvalue weighted by Crippen LogP contribution is -2.42. The molecule has 2 unspecified atom stereocenters. The number of piperidine rings is 1. The van der Waals surface area contributed by atoms with Gasteiger partial charge in [0.05, 0.1) is 0 Å². The van der Waals surface area contributed by atoms with Crippen molar-refractivity contribution in [1.82, 2.24) is 10.2 Å². The van der Waals surface area contributed by atoms with Crippen LogP contribution in [0.3, 0.4) is 0 Å². The van der Waals surface area contributed by atoms with Crippen LogP contribution in [0.2, 0.25) is 0 Å². The van der Waals surface area contributed by atoms with Gasteiger partial charge in [-0.1, -0.05) is 18.6 Å². The molecule has 0 radical (unpaired) electrons. The molecule has 1 aliphatic heterocycles. The first-order valence-electron chi connectivity index (χ1n) is 8.31. The molecule has 1 saturated heterocycles. The average Bonchev–Trinajstić information content (AvgIpc) is 2.52. The third kappa shape index (κ3) is 4.21. The molecule has 1 heterocycles. The Bertz CT molecular complexity index is 413. The summed E-state index contributed by atoms with van der Waals surface area (Å²) in [4.78, 5) is 4.87. The van der Waals surface area contributed by atoms with Crippen LogP contribution in [-0.4, -0.2) is 45.2 Å². The van der Waals surface area contributed by atoms with Crippen LogP contribution in [0.1, 0.15) is 44.2 Å². The second-order valence-corrected chi connectivity index (χ2v) is 6.44. The molecule has 21 heavy (non-hydrogen) atoms. The maximum atomic E-state index is 3.30. The van der Waals surface area contributed by atoms with Crippen LogP contribution in [0.4, 0.5) is 5.69 Å². The van der Waals surface area contributed by atoms with E-state index in [1.807, 2.05) is 0 Å². The SMILES string of the molecule is CNCCC1CCCCN1C(C)c1ccc(N(C)C)cc1. The highest BCUT2D eigenvalue weighted by atomic mass is 15.2. The fourth-order valence-electron chi connectivity index (χ4n) is 3.40. The molecule has 1 aromatic carbocycles. The van der Waals surface area contributed by atoms with E-state index in [-0.39, 0.29) is 0 Å². The average molecular weight is 289 g/mol. The lowest BCUT2D eigenvalue weighted by Gasteiger charge is -2.40. The van der Waals surface area contributed by atoms with E-state index in [1.165, 1.54) is 43.5 Å². The van der Waals surface area contributed by atoms with Gasteiger partial charge in [0.1, 0.15) is 0 Å². The summed E-state index contributed by atoms with van der Waals surface area (Å²) in [5.41, 5.74) is 2.72. The van der Waals surface area contributed by atoms with Gasteiger partial charge in [-0.05, 0) is 64.0 Å². The second kappa shape index (κ2) is 7.81. The van der Waals surface area contributed by atoms with Gasteiger partial charge in [0.15, 0.2) is 0 Å². The van der Waals surface area contributed by atoms with Crippen molar-refractivity contribution in [3.8, 4) is 0 Å². The lowest BCUT2D eigenvalue weighted by molar-refractivity contribution is 0.0972. The Morgan fingerprint density at radius 1 is 1.24 bits per heavy atom. The highest BCUT2D eigenvalue weighted by Crippen LogP contribution is 2.30. The summed E-state index contributed by atoms with van der Waals surface area (Å²) in [6, 6.07) is 10.3. The van der Waals surface area contributed by atoms with E-state index in [4.69, 9.17) is 0 Å². The van der Waals surface area contributed by atoms with Crippen LogP contribution in [0, 0.1) is 0 Å². The van der Waals surface area contributed by atoms with Crippen molar-refractivity contribution in [2.75, 3.05) is 39.1 Å². The largest absolute Gasteiger partial charge is 0.378 e. The minimum atomic E-state index is 0.517. The zero-order chi connectivity index (χ0) is 15.2. The first-order valence-corrected chi connectivity index (χ1v) is 8.31. The van der Waals surface area contributed by atoms with Crippen molar-refractivity contribution in [1.29, 1.82) is 0 Å². The van der Waals surface area contributed by atoms with Crippen molar-refractivity contribution in [2.45, 2.75) is 44.7 Å². The zero-order valence-electron chi connectivity index (χ0n) is 14.1. The topological polar surface area (TPSA) is 18.5 Å². The van der Waals surface area contributed by atoms with Crippen molar-refractivity contribution >= 4 is 5.69 Å². The van der Waals surface area contributed by atoms with Gasteiger partial charge >= 0.3 is 0 Å². The molecule has 1 aromatic rings. The number of hydrogen-bond acceptors (Lipinski definition) is 3. The number of rotatable bonds is 6. The van der Waals surface area contributed by atoms with E-state index in [1.54, 1.807) is 0 Å². The molecular weight excluding hydrogens is 258 g/mol. The molecule has 1 N–H and O–H groups in total. The normalized spacial score (nSPS) is 21.2. The van der Waals surface area contributed by atoms with Gasteiger partial charge in [-0.15, -0.1) is 0 Å². The number of likely N-dealkylation sites (tertiary alicyclic amines) is 1. The monoisotopic (exact) mass is 289 g/mol. The number of hydrogen-bond donors (Lipinski definition) is 1. The van der Waals surface area contributed by atoms with Crippen LogP contribution < -0.4 is 10.2 Å². The van der Waals surface area contributed by atoms with E-state index in [0.717, 1.165) is 12.6 Å². The van der Waals surface area contributed by atoms with E-state index in [2.05, 4.69) is 67.4 Å². The highest BCUT2D eigenvalue weighted by Gasteiger charge is 2.26. The quantitative estimate of drug-likeness (QED) is 0.867. The Hall–Kier alpha value is -1.06. The molecule has 118 valence electrons. The summed E-state index contributed by atoms with van der Waals surface area (Å²) in [7, 11) is 6.24. The third-order valence-electron chi connectivity index (χ3n) is 4.79. The molecule has 0 spiro atoms. The maximum Gasteiger partial charge on any atom is 0.0361 e. The van der Waals surface area contributed by atoms with Gasteiger partial charge in [0.25, 0.3) is 0 Å². The number of nitrogens with one attached hydrogen (secondary N) is 1. The van der Waals surface area contributed by atoms with E-state index < -0.39 is 0 Å². The smallest absolute Gasteiger partial charge is 0.0361 e. The summed E-state index contributed by atoms with van der Waals surface area (Å²) in [6.07, 6.45) is 5.34. The Balaban J connectivity index is 2.06. The first kappa shape index (κ1) is 16.3. The summed E-state index contributed by atoms with van der Waals surface area (Å²) in [5.74, 6) is 0. The van der Waals surface area contributed by atoms with Gasteiger partial charge in [-0.25, -0.2) is 0 Å². The predicted octanol–water partition coefficient (Wildman–Crippen LogP) is 3.28. The second-order valence-electron chi connectivity index (χ2n) is 6.44. The van der Waals surface area contributed by atoms with E-state index in [9.17, 15) is 0 Å². The molecule has 3 nitrogen and oxygen atoms in total.